The third kappa shape index (κ3) is 13.2. The number of thioether (sulfide) groups is 1. The standard InChI is InChI=1S/C29H43N9O5S2/c1-2-3-7-19(23(31)39)35-25(41)20(8-4-5-14-30)37-26(42)21(9-6-15-34-28(32)33)36-24(40)18-12-10-17(11-13-18)16-22-27(43)38-29(44)45-22/h10-13,16,19-21H,2-9,14-15,30H2,1H3,(H2,31,39)(H,35,41)(H,36,40)(H,37,42)(H4,32,33,34)(H,38,43,44)/b22-16-/t19-,20-,21-/m0/s1. The minimum Gasteiger partial charge on any atom is -0.370 e. The van der Waals surface area contributed by atoms with Crippen LogP contribution in [0.2, 0.25) is 0 Å². The van der Waals surface area contributed by atoms with E-state index < -0.39 is 41.8 Å². The number of nitrogens with two attached hydrogens (primary N) is 4. The van der Waals surface area contributed by atoms with E-state index in [0.29, 0.717) is 53.4 Å². The van der Waals surface area contributed by atoms with Crippen molar-refractivity contribution in [1.82, 2.24) is 21.3 Å². The number of unbranched alkanes of at least 4 members (excludes halogenated alkanes) is 2. The van der Waals surface area contributed by atoms with Gasteiger partial charge in [0.25, 0.3) is 11.8 Å². The lowest BCUT2D eigenvalue weighted by atomic mass is 10.0. The van der Waals surface area contributed by atoms with Crippen molar-refractivity contribution in [3.05, 3.63) is 40.3 Å². The van der Waals surface area contributed by atoms with Crippen LogP contribution >= 0.6 is 24.0 Å². The normalized spacial score (nSPS) is 15.5. The van der Waals surface area contributed by atoms with Crippen LogP contribution in [0.15, 0.2) is 34.2 Å². The third-order valence-electron chi connectivity index (χ3n) is 6.77. The summed E-state index contributed by atoms with van der Waals surface area (Å²) in [6.07, 6.45) is 5.47. The van der Waals surface area contributed by atoms with E-state index in [-0.39, 0.29) is 36.8 Å². The van der Waals surface area contributed by atoms with Crippen LogP contribution in [0.3, 0.4) is 0 Å². The molecule has 1 aliphatic heterocycles. The third-order valence-corrected chi connectivity index (χ3v) is 7.93. The van der Waals surface area contributed by atoms with Gasteiger partial charge < -0.3 is 44.2 Å². The highest BCUT2D eigenvalue weighted by Crippen LogP contribution is 2.25. The molecule has 0 bridgehead atoms. The van der Waals surface area contributed by atoms with Gasteiger partial charge in [0.05, 0.1) is 4.91 Å². The lowest BCUT2D eigenvalue weighted by Gasteiger charge is -2.25. The second-order valence-corrected chi connectivity index (χ2v) is 12.1. The molecule has 1 aromatic rings. The zero-order valence-electron chi connectivity index (χ0n) is 25.3. The fraction of sp³-hybridized carbons (Fsp3) is 0.483. The second kappa shape index (κ2) is 19.4. The molecule has 0 aliphatic carbocycles. The van der Waals surface area contributed by atoms with Crippen LogP contribution < -0.4 is 44.2 Å². The average molecular weight is 662 g/mol. The number of rotatable bonds is 19. The van der Waals surface area contributed by atoms with Crippen molar-refractivity contribution in [3.63, 3.8) is 0 Å². The summed E-state index contributed by atoms with van der Waals surface area (Å²) in [5.41, 5.74) is 22.9. The van der Waals surface area contributed by atoms with Crippen molar-refractivity contribution < 1.29 is 24.0 Å². The number of hydrogen-bond acceptors (Lipinski definition) is 9. The summed E-state index contributed by atoms with van der Waals surface area (Å²) in [5, 5.41) is 10.7. The lowest BCUT2D eigenvalue weighted by Crippen LogP contribution is -2.56. The van der Waals surface area contributed by atoms with Crippen LogP contribution in [0, 0.1) is 0 Å². The van der Waals surface area contributed by atoms with E-state index in [4.69, 9.17) is 35.2 Å². The number of nitrogens with zero attached hydrogens (tertiary/aromatic N) is 1. The molecule has 12 N–H and O–H groups in total. The number of aliphatic imine (C=N–C) groups is 1. The predicted molar refractivity (Wildman–Crippen MR) is 179 cm³/mol. The Bertz CT molecular complexity index is 1280. The number of amides is 5. The van der Waals surface area contributed by atoms with Crippen LogP contribution in [0.1, 0.15) is 74.2 Å². The van der Waals surface area contributed by atoms with Gasteiger partial charge in [0.15, 0.2) is 5.96 Å². The van der Waals surface area contributed by atoms with Gasteiger partial charge in [-0.05, 0) is 68.8 Å². The summed E-state index contributed by atoms with van der Waals surface area (Å²) in [7, 11) is 0. The van der Waals surface area contributed by atoms with Crippen LogP contribution in [-0.2, 0) is 19.2 Å². The van der Waals surface area contributed by atoms with Gasteiger partial charge >= 0.3 is 0 Å². The maximum Gasteiger partial charge on any atom is 0.263 e. The lowest BCUT2D eigenvalue weighted by molar-refractivity contribution is -0.132. The molecular formula is C29H43N9O5S2. The highest BCUT2D eigenvalue weighted by Gasteiger charge is 2.29. The first kappa shape index (κ1) is 37.2. The van der Waals surface area contributed by atoms with Crippen LogP contribution in [-0.4, -0.2) is 71.0 Å². The Hall–Kier alpha value is -4.02. The van der Waals surface area contributed by atoms with E-state index in [1.165, 1.54) is 0 Å². The molecule has 16 heteroatoms. The fourth-order valence-corrected chi connectivity index (χ4v) is 5.36. The number of nitrogens with one attached hydrogen (secondary N) is 4. The second-order valence-electron chi connectivity index (χ2n) is 10.4. The Kier molecular flexibility index (Phi) is 16.0. The Labute approximate surface area is 272 Å². The molecule has 1 saturated heterocycles. The zero-order chi connectivity index (χ0) is 33.4. The van der Waals surface area contributed by atoms with Crippen LogP contribution in [0.5, 0.6) is 0 Å². The topological polar surface area (TPSA) is 250 Å². The molecular weight excluding hydrogens is 619 g/mol. The molecule has 0 unspecified atom stereocenters. The average Bonchev–Trinajstić information content (AvgIpc) is 3.31. The number of carbonyl (C=O) groups excluding carboxylic acids is 5. The van der Waals surface area contributed by atoms with Gasteiger partial charge in [0.1, 0.15) is 22.4 Å². The van der Waals surface area contributed by atoms with E-state index in [0.717, 1.165) is 18.2 Å². The molecule has 5 amide bonds. The summed E-state index contributed by atoms with van der Waals surface area (Å²) < 4.78 is 0.370. The van der Waals surface area contributed by atoms with Gasteiger partial charge in [-0.2, -0.15) is 0 Å². The Morgan fingerprint density at radius 3 is 2.07 bits per heavy atom. The monoisotopic (exact) mass is 661 g/mol. The van der Waals surface area contributed by atoms with Gasteiger partial charge in [-0.15, -0.1) is 0 Å². The minimum absolute atomic E-state index is 0.103. The summed E-state index contributed by atoms with van der Waals surface area (Å²) in [6.45, 7) is 2.58. The minimum atomic E-state index is -1.04. The van der Waals surface area contributed by atoms with Crippen LogP contribution in [0.4, 0.5) is 0 Å². The highest BCUT2D eigenvalue weighted by atomic mass is 32.2. The molecule has 1 fully saturated rings. The van der Waals surface area contributed by atoms with E-state index in [9.17, 15) is 24.0 Å². The van der Waals surface area contributed by atoms with E-state index >= 15 is 0 Å². The Morgan fingerprint density at radius 1 is 0.911 bits per heavy atom. The van der Waals surface area contributed by atoms with E-state index in [1.807, 2.05) is 6.92 Å². The van der Waals surface area contributed by atoms with Gasteiger partial charge in [-0.25, -0.2) is 0 Å². The van der Waals surface area contributed by atoms with E-state index in [2.05, 4.69) is 26.3 Å². The molecule has 0 saturated carbocycles. The first-order chi connectivity index (χ1) is 21.4. The SMILES string of the molecule is CCCC[C@H](NC(=O)[C@H](CCCCN)NC(=O)[C@H](CCCN=C(N)N)NC(=O)c1ccc(/C=C2\SC(=S)NC2=O)cc1)C(N)=O. The molecule has 1 heterocycles. The molecule has 0 aromatic heterocycles. The number of guanidine groups is 1. The molecule has 1 aromatic carbocycles. The number of carbonyl (C=O) groups is 5. The number of thiocarbonyl (C=S) groups is 1. The predicted octanol–water partition coefficient (Wildman–Crippen LogP) is 0.102. The zero-order valence-corrected chi connectivity index (χ0v) is 26.9. The van der Waals surface area contributed by atoms with Crippen molar-refractivity contribution >= 4 is 69.9 Å². The molecule has 3 atom stereocenters. The van der Waals surface area contributed by atoms with Gasteiger partial charge in [0.2, 0.25) is 17.7 Å². The van der Waals surface area contributed by atoms with Gasteiger partial charge in [0, 0.05) is 12.1 Å². The maximum atomic E-state index is 13.5. The summed E-state index contributed by atoms with van der Waals surface area (Å²) in [6, 6.07) is 3.55. The quantitative estimate of drug-likeness (QED) is 0.0326. The molecule has 246 valence electrons. The van der Waals surface area contributed by atoms with Crippen molar-refractivity contribution in [1.29, 1.82) is 0 Å². The molecule has 45 heavy (non-hydrogen) atoms. The summed E-state index contributed by atoms with van der Waals surface area (Å²) >= 11 is 6.15. The number of hydrogen-bond donors (Lipinski definition) is 8. The molecule has 0 spiro atoms. The van der Waals surface area contributed by atoms with Crippen LogP contribution in [0.25, 0.3) is 6.08 Å². The number of benzene rings is 1. The summed E-state index contributed by atoms with van der Waals surface area (Å²) in [5.74, 6) is -2.72. The first-order valence-electron chi connectivity index (χ1n) is 14.8. The smallest absolute Gasteiger partial charge is 0.263 e. The molecule has 0 radical (unpaired) electrons. The van der Waals surface area contributed by atoms with Gasteiger partial charge in [-0.1, -0.05) is 55.9 Å². The van der Waals surface area contributed by atoms with Crippen molar-refractivity contribution in [2.45, 2.75) is 76.4 Å². The number of primary amides is 1. The molecule has 1 aliphatic rings. The van der Waals surface area contributed by atoms with Gasteiger partial charge in [-0.3, -0.25) is 29.0 Å². The Morgan fingerprint density at radius 2 is 1.51 bits per heavy atom. The molecule has 14 nitrogen and oxygen atoms in total. The van der Waals surface area contributed by atoms with Crippen molar-refractivity contribution in [2.75, 3.05) is 13.1 Å². The highest BCUT2D eigenvalue weighted by molar-refractivity contribution is 8.26. The van der Waals surface area contributed by atoms with E-state index in [1.54, 1.807) is 30.3 Å². The largest absolute Gasteiger partial charge is 0.370 e. The summed E-state index contributed by atoms with van der Waals surface area (Å²) in [4.78, 5) is 68.2. The fourth-order valence-electron chi connectivity index (χ4n) is 4.32. The molecule has 2 rings (SSSR count). The maximum absolute atomic E-state index is 13.5. The first-order valence-corrected chi connectivity index (χ1v) is 16.0. The van der Waals surface area contributed by atoms with Crippen molar-refractivity contribution in [2.24, 2.45) is 27.9 Å². The Balaban J connectivity index is 2.20. The van der Waals surface area contributed by atoms with Crippen molar-refractivity contribution in [3.8, 4) is 0 Å².